The van der Waals surface area contributed by atoms with E-state index in [-0.39, 0.29) is 5.91 Å². The number of benzene rings is 2. The van der Waals surface area contributed by atoms with Gasteiger partial charge >= 0.3 is 0 Å². The van der Waals surface area contributed by atoms with Gasteiger partial charge in [0.2, 0.25) is 15.9 Å². The molecule has 5 nitrogen and oxygen atoms in total. The Kier molecular flexibility index (Phi) is 5.20. The van der Waals surface area contributed by atoms with Crippen LogP contribution in [0.1, 0.15) is 11.1 Å². The molecule has 0 atom stereocenters. The molecule has 1 saturated heterocycles. The van der Waals surface area contributed by atoms with Gasteiger partial charge in [-0.3, -0.25) is 4.79 Å². The molecule has 0 radical (unpaired) electrons. The van der Waals surface area contributed by atoms with Gasteiger partial charge in [-0.25, -0.2) is 8.42 Å². The van der Waals surface area contributed by atoms with Crippen LogP contribution < -0.4 is 0 Å². The van der Waals surface area contributed by atoms with E-state index in [1.54, 1.807) is 30.0 Å². The van der Waals surface area contributed by atoms with Crippen LogP contribution in [-0.2, 0) is 21.2 Å². The third-order valence-corrected chi connectivity index (χ3v) is 6.56. The fourth-order valence-corrected chi connectivity index (χ4v) is 4.69. The van der Waals surface area contributed by atoms with Crippen molar-refractivity contribution in [3.05, 3.63) is 65.7 Å². The van der Waals surface area contributed by atoms with Crippen LogP contribution >= 0.6 is 0 Å². The first kappa shape index (κ1) is 17.6. The first-order valence-electron chi connectivity index (χ1n) is 8.36. The van der Waals surface area contributed by atoms with Crippen LogP contribution in [0.2, 0.25) is 0 Å². The molecule has 1 heterocycles. The summed E-state index contributed by atoms with van der Waals surface area (Å²) in [5, 5.41) is 0. The summed E-state index contributed by atoms with van der Waals surface area (Å²) < 4.78 is 27.1. The summed E-state index contributed by atoms with van der Waals surface area (Å²) in [6.07, 6.45) is 0.353. The smallest absolute Gasteiger partial charge is 0.243 e. The molecule has 1 aliphatic rings. The molecule has 0 spiro atoms. The minimum Gasteiger partial charge on any atom is -0.340 e. The van der Waals surface area contributed by atoms with Crippen LogP contribution in [0.15, 0.2) is 59.5 Å². The van der Waals surface area contributed by atoms with E-state index in [4.69, 9.17) is 0 Å². The van der Waals surface area contributed by atoms with Crippen molar-refractivity contribution in [3.63, 3.8) is 0 Å². The minimum absolute atomic E-state index is 0.0409. The molecule has 3 rings (SSSR count). The number of amides is 1. The molecule has 25 heavy (non-hydrogen) atoms. The van der Waals surface area contributed by atoms with Crippen molar-refractivity contribution >= 4 is 15.9 Å². The fourth-order valence-electron chi connectivity index (χ4n) is 3.05. The lowest BCUT2D eigenvalue weighted by molar-refractivity contribution is -0.131. The van der Waals surface area contributed by atoms with Gasteiger partial charge in [0.1, 0.15) is 0 Å². The largest absolute Gasteiger partial charge is 0.340 e. The molecule has 1 amide bonds. The lowest BCUT2D eigenvalue weighted by Gasteiger charge is -2.34. The van der Waals surface area contributed by atoms with Gasteiger partial charge in [0.15, 0.2) is 0 Å². The lowest BCUT2D eigenvalue weighted by atomic mass is 10.1. The highest BCUT2D eigenvalue weighted by Crippen LogP contribution is 2.21. The highest BCUT2D eigenvalue weighted by molar-refractivity contribution is 7.89. The van der Waals surface area contributed by atoms with Crippen LogP contribution in [0, 0.1) is 6.92 Å². The van der Waals surface area contributed by atoms with Crippen LogP contribution in [-0.4, -0.2) is 49.7 Å². The zero-order chi connectivity index (χ0) is 17.9. The van der Waals surface area contributed by atoms with Crippen molar-refractivity contribution in [2.45, 2.75) is 18.2 Å². The van der Waals surface area contributed by atoms with Gasteiger partial charge in [0.25, 0.3) is 0 Å². The summed E-state index contributed by atoms with van der Waals surface area (Å²) in [7, 11) is -3.51. The Morgan fingerprint density at radius 1 is 0.920 bits per heavy atom. The summed E-state index contributed by atoms with van der Waals surface area (Å²) in [5.41, 5.74) is 1.72. The van der Waals surface area contributed by atoms with Crippen molar-refractivity contribution < 1.29 is 13.2 Å². The van der Waals surface area contributed by atoms with E-state index in [0.717, 1.165) is 11.1 Å². The van der Waals surface area contributed by atoms with E-state index in [1.807, 2.05) is 36.4 Å². The molecule has 0 aromatic heterocycles. The monoisotopic (exact) mass is 358 g/mol. The van der Waals surface area contributed by atoms with E-state index in [0.29, 0.717) is 37.5 Å². The molecule has 2 aromatic carbocycles. The molecular formula is C19H22N2O3S. The Morgan fingerprint density at radius 3 is 2.16 bits per heavy atom. The van der Waals surface area contributed by atoms with Gasteiger partial charge in [-0.05, 0) is 24.1 Å². The minimum atomic E-state index is -3.51. The maximum absolute atomic E-state index is 12.8. The lowest BCUT2D eigenvalue weighted by Crippen LogP contribution is -2.50. The van der Waals surface area contributed by atoms with E-state index in [2.05, 4.69) is 0 Å². The first-order valence-corrected chi connectivity index (χ1v) is 9.80. The highest BCUT2D eigenvalue weighted by Gasteiger charge is 2.30. The zero-order valence-corrected chi connectivity index (χ0v) is 15.1. The Morgan fingerprint density at radius 2 is 1.52 bits per heavy atom. The van der Waals surface area contributed by atoms with Crippen molar-refractivity contribution in [1.82, 2.24) is 9.21 Å². The second-order valence-electron chi connectivity index (χ2n) is 6.21. The molecular weight excluding hydrogens is 336 g/mol. The predicted molar refractivity (Wildman–Crippen MR) is 96.7 cm³/mol. The molecule has 2 aromatic rings. The van der Waals surface area contributed by atoms with Gasteiger partial charge in [0, 0.05) is 26.2 Å². The van der Waals surface area contributed by atoms with Crippen molar-refractivity contribution in [1.29, 1.82) is 0 Å². The number of carbonyl (C=O) groups is 1. The third kappa shape index (κ3) is 3.91. The summed E-state index contributed by atoms with van der Waals surface area (Å²) in [6.45, 7) is 3.31. The number of carbonyl (C=O) groups excluding carboxylic acids is 1. The Balaban J connectivity index is 1.64. The van der Waals surface area contributed by atoms with Gasteiger partial charge in [-0.15, -0.1) is 0 Å². The number of rotatable bonds is 4. The standard InChI is InChI=1S/C19H22N2O3S/c1-16-7-5-6-10-18(16)25(23,24)21-13-11-20(12-14-21)19(22)15-17-8-3-2-4-9-17/h2-10H,11-15H2,1H3. The first-order chi connectivity index (χ1) is 12.0. The summed E-state index contributed by atoms with van der Waals surface area (Å²) >= 11 is 0. The van der Waals surface area contributed by atoms with E-state index in [9.17, 15) is 13.2 Å². The second-order valence-corrected chi connectivity index (χ2v) is 8.12. The van der Waals surface area contributed by atoms with Crippen molar-refractivity contribution in [3.8, 4) is 0 Å². The molecule has 1 fully saturated rings. The maximum Gasteiger partial charge on any atom is 0.243 e. The van der Waals surface area contributed by atoms with Crippen molar-refractivity contribution in [2.24, 2.45) is 0 Å². The normalized spacial score (nSPS) is 16.0. The zero-order valence-electron chi connectivity index (χ0n) is 14.3. The van der Waals surface area contributed by atoms with E-state index < -0.39 is 10.0 Å². The number of hydrogen-bond acceptors (Lipinski definition) is 3. The van der Waals surface area contributed by atoms with E-state index in [1.165, 1.54) is 4.31 Å². The number of aryl methyl sites for hydroxylation is 1. The summed E-state index contributed by atoms with van der Waals surface area (Å²) in [4.78, 5) is 14.5. The Hall–Kier alpha value is -2.18. The number of hydrogen-bond donors (Lipinski definition) is 0. The maximum atomic E-state index is 12.8. The van der Waals surface area contributed by atoms with Crippen LogP contribution in [0.25, 0.3) is 0 Å². The molecule has 0 N–H and O–H groups in total. The van der Waals surface area contributed by atoms with Crippen molar-refractivity contribution in [2.75, 3.05) is 26.2 Å². The molecule has 0 unspecified atom stereocenters. The van der Waals surface area contributed by atoms with Crippen LogP contribution in [0.5, 0.6) is 0 Å². The predicted octanol–water partition coefficient (Wildman–Crippen LogP) is 2.07. The topological polar surface area (TPSA) is 57.7 Å². The highest BCUT2D eigenvalue weighted by atomic mass is 32.2. The molecule has 6 heteroatoms. The number of sulfonamides is 1. The fraction of sp³-hybridized carbons (Fsp3) is 0.316. The van der Waals surface area contributed by atoms with Crippen LogP contribution in [0.3, 0.4) is 0 Å². The average molecular weight is 358 g/mol. The molecule has 0 saturated carbocycles. The molecule has 0 aliphatic carbocycles. The Labute approximate surface area is 148 Å². The van der Waals surface area contributed by atoms with E-state index >= 15 is 0 Å². The summed E-state index contributed by atoms with van der Waals surface area (Å²) in [5.74, 6) is 0.0409. The van der Waals surface area contributed by atoms with Gasteiger partial charge in [0.05, 0.1) is 11.3 Å². The summed E-state index contributed by atoms with van der Waals surface area (Å²) in [6, 6.07) is 16.6. The Bertz CT molecular complexity index is 842. The van der Waals surface area contributed by atoms with Gasteiger partial charge < -0.3 is 4.90 Å². The molecule has 132 valence electrons. The average Bonchev–Trinajstić information content (AvgIpc) is 2.63. The third-order valence-electron chi connectivity index (χ3n) is 4.50. The van der Waals surface area contributed by atoms with Gasteiger partial charge in [-0.1, -0.05) is 48.5 Å². The SMILES string of the molecule is Cc1ccccc1S(=O)(=O)N1CCN(C(=O)Cc2ccccc2)CC1. The molecule has 0 bridgehead atoms. The van der Waals surface area contributed by atoms with Gasteiger partial charge in [-0.2, -0.15) is 4.31 Å². The number of nitrogens with zero attached hydrogens (tertiary/aromatic N) is 2. The van der Waals surface area contributed by atoms with Crippen LogP contribution in [0.4, 0.5) is 0 Å². The quantitative estimate of drug-likeness (QED) is 0.841. The second kappa shape index (κ2) is 7.37. The number of piperazine rings is 1. The molecule has 1 aliphatic heterocycles.